The SMILES string of the molecule is COc1ccc(S(=O)(=O)N2CCC(NC(=O)c3cccc(NC(C)=O)c3)CC2)cc1. The lowest BCUT2D eigenvalue weighted by molar-refractivity contribution is -0.114. The Morgan fingerprint density at radius 3 is 2.33 bits per heavy atom. The van der Waals surface area contributed by atoms with Crippen molar-refractivity contribution in [3.8, 4) is 5.75 Å². The molecule has 2 aromatic carbocycles. The molecule has 3 rings (SSSR count). The van der Waals surface area contributed by atoms with Crippen LogP contribution in [0, 0.1) is 0 Å². The van der Waals surface area contributed by atoms with Crippen molar-refractivity contribution < 1.29 is 22.7 Å². The third-order valence-electron chi connectivity index (χ3n) is 4.93. The Morgan fingerprint density at radius 1 is 1.07 bits per heavy atom. The molecule has 0 atom stereocenters. The number of hydrogen-bond donors (Lipinski definition) is 2. The van der Waals surface area contributed by atoms with Crippen LogP contribution < -0.4 is 15.4 Å². The van der Waals surface area contributed by atoms with Gasteiger partial charge in [-0.15, -0.1) is 0 Å². The topological polar surface area (TPSA) is 105 Å². The molecule has 2 N–H and O–H groups in total. The van der Waals surface area contributed by atoms with Gasteiger partial charge in [-0.1, -0.05) is 6.07 Å². The van der Waals surface area contributed by atoms with E-state index in [1.165, 1.54) is 30.5 Å². The second-order valence-corrected chi connectivity index (χ2v) is 9.03. The number of nitrogens with one attached hydrogen (secondary N) is 2. The highest BCUT2D eigenvalue weighted by Crippen LogP contribution is 2.23. The summed E-state index contributed by atoms with van der Waals surface area (Å²) in [5.41, 5.74) is 0.991. The number of amides is 2. The minimum Gasteiger partial charge on any atom is -0.497 e. The van der Waals surface area contributed by atoms with Gasteiger partial charge in [-0.2, -0.15) is 4.31 Å². The van der Waals surface area contributed by atoms with Crippen LogP contribution in [0.5, 0.6) is 5.75 Å². The van der Waals surface area contributed by atoms with Gasteiger partial charge < -0.3 is 15.4 Å². The first-order valence-electron chi connectivity index (χ1n) is 9.62. The largest absolute Gasteiger partial charge is 0.497 e. The van der Waals surface area contributed by atoms with Crippen molar-refractivity contribution in [3.05, 3.63) is 54.1 Å². The predicted octanol–water partition coefficient (Wildman–Crippen LogP) is 2.24. The summed E-state index contributed by atoms with van der Waals surface area (Å²) in [7, 11) is -2.06. The average molecular weight is 432 g/mol. The number of piperidine rings is 1. The minimum atomic E-state index is -3.58. The zero-order valence-corrected chi connectivity index (χ0v) is 17.7. The lowest BCUT2D eigenvalue weighted by Crippen LogP contribution is -2.46. The third-order valence-corrected chi connectivity index (χ3v) is 6.84. The molecule has 0 radical (unpaired) electrons. The van der Waals surface area contributed by atoms with Crippen molar-refractivity contribution in [1.82, 2.24) is 9.62 Å². The molecule has 0 aromatic heterocycles. The second kappa shape index (κ2) is 9.27. The molecule has 2 amide bonds. The Kier molecular flexibility index (Phi) is 6.73. The number of nitrogens with zero attached hydrogens (tertiary/aromatic N) is 1. The number of methoxy groups -OCH3 is 1. The Hall–Kier alpha value is -2.91. The quantitative estimate of drug-likeness (QED) is 0.730. The van der Waals surface area contributed by atoms with E-state index >= 15 is 0 Å². The lowest BCUT2D eigenvalue weighted by Gasteiger charge is -2.31. The van der Waals surface area contributed by atoms with E-state index in [-0.39, 0.29) is 22.8 Å². The second-order valence-electron chi connectivity index (χ2n) is 7.09. The summed E-state index contributed by atoms with van der Waals surface area (Å²) in [6.45, 7) is 2.05. The summed E-state index contributed by atoms with van der Waals surface area (Å²) < 4.78 is 32.2. The molecule has 1 heterocycles. The van der Waals surface area contributed by atoms with Gasteiger partial charge in [0.25, 0.3) is 5.91 Å². The van der Waals surface area contributed by atoms with Crippen molar-refractivity contribution in [1.29, 1.82) is 0 Å². The molecule has 0 aliphatic carbocycles. The summed E-state index contributed by atoms with van der Waals surface area (Å²) >= 11 is 0. The highest BCUT2D eigenvalue weighted by Gasteiger charge is 2.30. The zero-order chi connectivity index (χ0) is 21.7. The number of hydrogen-bond acceptors (Lipinski definition) is 5. The zero-order valence-electron chi connectivity index (χ0n) is 16.9. The molecule has 9 heteroatoms. The van der Waals surface area contributed by atoms with Crippen molar-refractivity contribution in [2.45, 2.75) is 30.7 Å². The first kappa shape index (κ1) is 21.8. The molecule has 2 aromatic rings. The molecule has 0 unspecified atom stereocenters. The predicted molar refractivity (Wildman–Crippen MR) is 113 cm³/mol. The molecule has 1 aliphatic rings. The van der Waals surface area contributed by atoms with Crippen LogP contribution in [-0.4, -0.2) is 50.8 Å². The summed E-state index contributed by atoms with van der Waals surface area (Å²) in [4.78, 5) is 24.0. The fourth-order valence-electron chi connectivity index (χ4n) is 3.35. The van der Waals surface area contributed by atoms with Crippen LogP contribution in [0.15, 0.2) is 53.4 Å². The van der Waals surface area contributed by atoms with Crippen LogP contribution in [0.25, 0.3) is 0 Å². The molecule has 0 saturated carbocycles. The Balaban J connectivity index is 1.58. The fraction of sp³-hybridized carbons (Fsp3) is 0.333. The van der Waals surface area contributed by atoms with Crippen LogP contribution in [0.4, 0.5) is 5.69 Å². The summed E-state index contributed by atoms with van der Waals surface area (Å²) in [6.07, 6.45) is 1.04. The van der Waals surface area contributed by atoms with E-state index in [2.05, 4.69) is 10.6 Å². The molecular weight excluding hydrogens is 406 g/mol. The van der Waals surface area contributed by atoms with Crippen LogP contribution in [-0.2, 0) is 14.8 Å². The highest BCUT2D eigenvalue weighted by molar-refractivity contribution is 7.89. The molecule has 1 saturated heterocycles. The lowest BCUT2D eigenvalue weighted by atomic mass is 10.1. The van der Waals surface area contributed by atoms with E-state index in [1.54, 1.807) is 36.4 Å². The number of ether oxygens (including phenoxy) is 1. The number of rotatable bonds is 6. The maximum atomic E-state index is 12.8. The number of benzene rings is 2. The Morgan fingerprint density at radius 2 is 1.73 bits per heavy atom. The monoisotopic (exact) mass is 431 g/mol. The number of anilines is 1. The number of sulfonamides is 1. The molecule has 1 fully saturated rings. The van der Waals surface area contributed by atoms with Gasteiger partial charge in [0.2, 0.25) is 15.9 Å². The Labute approximate surface area is 176 Å². The fourth-order valence-corrected chi connectivity index (χ4v) is 4.82. The summed E-state index contributed by atoms with van der Waals surface area (Å²) in [5, 5.41) is 5.60. The highest BCUT2D eigenvalue weighted by atomic mass is 32.2. The third kappa shape index (κ3) is 5.17. The van der Waals surface area contributed by atoms with Gasteiger partial charge >= 0.3 is 0 Å². The van der Waals surface area contributed by atoms with Crippen molar-refractivity contribution in [2.24, 2.45) is 0 Å². The van der Waals surface area contributed by atoms with Crippen LogP contribution in [0.1, 0.15) is 30.1 Å². The van der Waals surface area contributed by atoms with Gasteiger partial charge in [-0.3, -0.25) is 9.59 Å². The molecule has 160 valence electrons. The van der Waals surface area contributed by atoms with Crippen LogP contribution >= 0.6 is 0 Å². The van der Waals surface area contributed by atoms with Crippen molar-refractivity contribution in [3.63, 3.8) is 0 Å². The van der Waals surface area contributed by atoms with Crippen LogP contribution in [0.2, 0.25) is 0 Å². The molecule has 0 bridgehead atoms. The first-order valence-corrected chi connectivity index (χ1v) is 11.1. The molecule has 0 spiro atoms. The van der Waals surface area contributed by atoms with Gasteiger partial charge in [0, 0.05) is 37.3 Å². The standard InChI is InChI=1S/C21H25N3O5S/c1-15(25)22-18-5-3-4-16(14-18)21(26)23-17-10-12-24(13-11-17)30(27,28)20-8-6-19(29-2)7-9-20/h3-9,14,17H,10-13H2,1-2H3,(H,22,25)(H,23,26). The van der Waals surface area contributed by atoms with E-state index in [0.717, 1.165) is 0 Å². The summed E-state index contributed by atoms with van der Waals surface area (Å²) in [6, 6.07) is 12.9. The maximum Gasteiger partial charge on any atom is 0.251 e. The number of carbonyl (C=O) groups excluding carboxylic acids is 2. The Bertz CT molecular complexity index is 1010. The molecular formula is C21H25N3O5S. The van der Waals surface area contributed by atoms with Gasteiger partial charge in [0.15, 0.2) is 0 Å². The van der Waals surface area contributed by atoms with E-state index in [4.69, 9.17) is 4.74 Å². The minimum absolute atomic E-state index is 0.121. The van der Waals surface area contributed by atoms with Crippen molar-refractivity contribution >= 4 is 27.5 Å². The maximum absolute atomic E-state index is 12.8. The molecule has 30 heavy (non-hydrogen) atoms. The van der Waals surface area contributed by atoms with E-state index < -0.39 is 10.0 Å². The smallest absolute Gasteiger partial charge is 0.251 e. The van der Waals surface area contributed by atoms with E-state index in [9.17, 15) is 18.0 Å². The van der Waals surface area contributed by atoms with E-state index in [0.29, 0.717) is 42.9 Å². The molecule has 8 nitrogen and oxygen atoms in total. The van der Waals surface area contributed by atoms with Crippen LogP contribution in [0.3, 0.4) is 0 Å². The summed E-state index contributed by atoms with van der Waals surface area (Å²) in [5.74, 6) is 0.134. The van der Waals surface area contributed by atoms with Crippen molar-refractivity contribution in [2.75, 3.05) is 25.5 Å². The average Bonchev–Trinajstić information content (AvgIpc) is 2.74. The van der Waals surface area contributed by atoms with Gasteiger partial charge in [0.1, 0.15) is 5.75 Å². The van der Waals surface area contributed by atoms with E-state index in [1.807, 2.05) is 0 Å². The number of carbonyl (C=O) groups is 2. The van der Waals surface area contributed by atoms with Gasteiger partial charge in [-0.25, -0.2) is 8.42 Å². The van der Waals surface area contributed by atoms with Gasteiger partial charge in [-0.05, 0) is 55.3 Å². The normalized spacial score (nSPS) is 15.4. The molecule has 1 aliphatic heterocycles. The van der Waals surface area contributed by atoms with Gasteiger partial charge in [0.05, 0.1) is 12.0 Å². The first-order chi connectivity index (χ1) is 14.3.